The molecule has 158 valence electrons. The van der Waals surface area contributed by atoms with E-state index in [2.05, 4.69) is 5.32 Å². The number of carbonyl (C=O) groups is 1. The maximum Gasteiger partial charge on any atom is 0.331 e. The number of para-hydroxylation sites is 1. The first-order valence-corrected chi connectivity index (χ1v) is 10.8. The third-order valence-electron chi connectivity index (χ3n) is 4.81. The third kappa shape index (κ3) is 4.19. The van der Waals surface area contributed by atoms with Crippen LogP contribution in [0.5, 0.6) is 0 Å². The summed E-state index contributed by atoms with van der Waals surface area (Å²) >= 11 is 0. The number of nitrogens with zero attached hydrogens (tertiary/aromatic N) is 2. The Labute approximate surface area is 172 Å². The number of amides is 1. The van der Waals surface area contributed by atoms with Crippen LogP contribution in [-0.2, 0) is 27.9 Å². The van der Waals surface area contributed by atoms with Gasteiger partial charge in [0.05, 0.1) is 21.8 Å². The minimum absolute atomic E-state index is 0.0571. The van der Waals surface area contributed by atoms with Crippen molar-refractivity contribution in [2.45, 2.75) is 37.9 Å². The normalized spacial score (nSPS) is 12.6. The van der Waals surface area contributed by atoms with E-state index in [1.165, 1.54) is 22.8 Å². The van der Waals surface area contributed by atoms with Crippen molar-refractivity contribution >= 4 is 26.8 Å². The lowest BCUT2D eigenvalue weighted by Gasteiger charge is -2.17. The van der Waals surface area contributed by atoms with E-state index >= 15 is 0 Å². The summed E-state index contributed by atoms with van der Waals surface area (Å²) in [5.41, 5.74) is -0.0509. The van der Waals surface area contributed by atoms with Gasteiger partial charge >= 0.3 is 5.69 Å². The largest absolute Gasteiger partial charge is 0.348 e. The van der Waals surface area contributed by atoms with Gasteiger partial charge in [-0.2, -0.15) is 0 Å². The van der Waals surface area contributed by atoms with Crippen LogP contribution in [0.2, 0.25) is 0 Å². The van der Waals surface area contributed by atoms with Gasteiger partial charge in [-0.05, 0) is 43.7 Å². The average molecular weight is 430 g/mol. The molecule has 0 saturated carbocycles. The highest BCUT2D eigenvalue weighted by atomic mass is 32.2. The van der Waals surface area contributed by atoms with E-state index in [9.17, 15) is 22.8 Å². The topological polar surface area (TPSA) is 133 Å². The van der Waals surface area contributed by atoms with Crippen LogP contribution in [0.15, 0.2) is 63.0 Å². The number of hydrogen-bond donors (Lipinski definition) is 2. The van der Waals surface area contributed by atoms with Gasteiger partial charge in [0.1, 0.15) is 6.54 Å². The number of hydrogen-bond acceptors (Lipinski definition) is 5. The predicted octanol–water partition coefficient (Wildman–Crippen LogP) is 0.708. The van der Waals surface area contributed by atoms with Gasteiger partial charge in [-0.25, -0.2) is 18.4 Å². The highest BCUT2D eigenvalue weighted by Crippen LogP contribution is 2.17. The van der Waals surface area contributed by atoms with Crippen LogP contribution in [0, 0.1) is 0 Å². The average Bonchev–Trinajstić information content (AvgIpc) is 2.71. The van der Waals surface area contributed by atoms with E-state index in [4.69, 9.17) is 5.14 Å². The monoisotopic (exact) mass is 430 g/mol. The van der Waals surface area contributed by atoms with E-state index in [0.717, 1.165) is 4.57 Å². The number of fused-ring (bicyclic) bond motifs is 1. The zero-order valence-electron chi connectivity index (χ0n) is 16.5. The predicted molar refractivity (Wildman–Crippen MR) is 113 cm³/mol. The number of benzene rings is 2. The number of rotatable bonds is 6. The van der Waals surface area contributed by atoms with Crippen molar-refractivity contribution in [2.24, 2.45) is 5.14 Å². The molecule has 3 aromatic rings. The summed E-state index contributed by atoms with van der Waals surface area (Å²) < 4.78 is 25.4. The summed E-state index contributed by atoms with van der Waals surface area (Å²) in [6.07, 6.45) is 0. The summed E-state index contributed by atoms with van der Waals surface area (Å²) in [5.74, 6) is -0.461. The van der Waals surface area contributed by atoms with E-state index in [-0.39, 0.29) is 18.0 Å². The third-order valence-corrected chi connectivity index (χ3v) is 5.73. The van der Waals surface area contributed by atoms with Crippen LogP contribution < -0.4 is 21.7 Å². The Morgan fingerprint density at radius 3 is 2.47 bits per heavy atom. The maximum atomic E-state index is 12.7. The van der Waals surface area contributed by atoms with Gasteiger partial charge in [0.2, 0.25) is 15.9 Å². The molecule has 3 N–H and O–H groups in total. The first-order chi connectivity index (χ1) is 14.1. The number of nitrogens with two attached hydrogens (primary N) is 1. The maximum absolute atomic E-state index is 12.7. The molecule has 0 fully saturated rings. The summed E-state index contributed by atoms with van der Waals surface area (Å²) in [6, 6.07) is 12.0. The molecule has 0 bridgehead atoms. The van der Waals surface area contributed by atoms with Crippen molar-refractivity contribution in [2.75, 3.05) is 0 Å². The second-order valence-corrected chi connectivity index (χ2v) is 8.40. The highest BCUT2D eigenvalue weighted by Gasteiger charge is 2.17. The van der Waals surface area contributed by atoms with E-state index in [1.54, 1.807) is 44.2 Å². The smallest absolute Gasteiger partial charge is 0.331 e. The standard InChI is InChI=1S/C20H22N4O5S/c1-3-23-19(26)16-9-4-5-10-17(16)24(20(23)27)12-18(25)22-13(2)14-7-6-8-15(11-14)30(21,28)29/h4-11,13H,3,12H2,1-2H3,(H,22,25)(H2,21,28,29). The number of aromatic nitrogens is 2. The Balaban J connectivity index is 1.91. The molecule has 2 aromatic carbocycles. The lowest BCUT2D eigenvalue weighted by molar-refractivity contribution is -0.122. The Bertz CT molecular complexity index is 1340. The second-order valence-electron chi connectivity index (χ2n) is 6.84. The molecule has 3 rings (SSSR count). The molecule has 1 aromatic heterocycles. The Kier molecular flexibility index (Phi) is 5.90. The number of carbonyl (C=O) groups excluding carboxylic acids is 1. The molecule has 0 aliphatic carbocycles. The molecule has 1 atom stereocenters. The zero-order chi connectivity index (χ0) is 22.1. The minimum Gasteiger partial charge on any atom is -0.348 e. The van der Waals surface area contributed by atoms with Gasteiger partial charge in [-0.15, -0.1) is 0 Å². The summed E-state index contributed by atoms with van der Waals surface area (Å²) in [5, 5.41) is 8.25. The lowest BCUT2D eigenvalue weighted by atomic mass is 10.1. The molecule has 9 nitrogen and oxygen atoms in total. The van der Waals surface area contributed by atoms with Gasteiger partial charge < -0.3 is 5.32 Å². The molecule has 10 heteroatoms. The van der Waals surface area contributed by atoms with E-state index < -0.39 is 33.2 Å². The molecule has 0 spiro atoms. The number of nitrogens with one attached hydrogen (secondary N) is 1. The molecule has 30 heavy (non-hydrogen) atoms. The lowest BCUT2D eigenvalue weighted by Crippen LogP contribution is -2.42. The first-order valence-electron chi connectivity index (χ1n) is 9.28. The van der Waals surface area contributed by atoms with Gasteiger partial charge in [0.25, 0.3) is 5.56 Å². The molecule has 1 amide bonds. The van der Waals surface area contributed by atoms with Crippen LogP contribution in [0.4, 0.5) is 0 Å². The van der Waals surface area contributed by atoms with Crippen molar-refractivity contribution in [3.8, 4) is 0 Å². The van der Waals surface area contributed by atoms with Crippen LogP contribution in [0.25, 0.3) is 10.9 Å². The molecule has 0 aliphatic rings. The molecule has 0 aliphatic heterocycles. The molecule has 0 radical (unpaired) electrons. The van der Waals surface area contributed by atoms with Crippen LogP contribution in [0.3, 0.4) is 0 Å². The summed E-state index contributed by atoms with van der Waals surface area (Å²) in [6.45, 7) is 3.26. The van der Waals surface area contributed by atoms with Gasteiger partial charge in [0, 0.05) is 6.54 Å². The summed E-state index contributed by atoms with van der Waals surface area (Å²) in [7, 11) is -3.87. The number of primary sulfonamides is 1. The minimum atomic E-state index is -3.87. The molecular formula is C20H22N4O5S. The second kappa shape index (κ2) is 8.25. The fourth-order valence-corrected chi connectivity index (χ4v) is 3.85. The molecule has 0 saturated heterocycles. The van der Waals surface area contributed by atoms with Gasteiger partial charge in [-0.1, -0.05) is 24.3 Å². The zero-order valence-corrected chi connectivity index (χ0v) is 17.3. The van der Waals surface area contributed by atoms with Crippen molar-refractivity contribution in [1.29, 1.82) is 0 Å². The Morgan fingerprint density at radius 2 is 1.80 bits per heavy atom. The quantitative estimate of drug-likeness (QED) is 0.594. The Hall–Kier alpha value is -3.24. The fourth-order valence-electron chi connectivity index (χ4n) is 3.28. The highest BCUT2D eigenvalue weighted by molar-refractivity contribution is 7.89. The fraction of sp³-hybridized carbons (Fsp3) is 0.250. The Morgan fingerprint density at radius 1 is 1.10 bits per heavy atom. The number of sulfonamides is 1. The van der Waals surface area contributed by atoms with Crippen LogP contribution >= 0.6 is 0 Å². The van der Waals surface area contributed by atoms with E-state index in [0.29, 0.717) is 16.5 Å². The van der Waals surface area contributed by atoms with Crippen molar-refractivity contribution in [3.63, 3.8) is 0 Å². The van der Waals surface area contributed by atoms with Crippen molar-refractivity contribution < 1.29 is 13.2 Å². The first kappa shape index (κ1) is 21.5. The molecule has 1 heterocycles. The van der Waals surface area contributed by atoms with Crippen molar-refractivity contribution in [1.82, 2.24) is 14.5 Å². The van der Waals surface area contributed by atoms with Gasteiger partial charge in [-0.3, -0.25) is 18.7 Å². The molecular weight excluding hydrogens is 408 g/mol. The summed E-state index contributed by atoms with van der Waals surface area (Å²) in [4.78, 5) is 37.8. The van der Waals surface area contributed by atoms with E-state index in [1.807, 2.05) is 0 Å². The SMILES string of the molecule is CCn1c(=O)c2ccccc2n(CC(=O)NC(C)c2cccc(S(N)(=O)=O)c2)c1=O. The molecule has 1 unspecified atom stereocenters. The van der Waals surface area contributed by atoms with Crippen LogP contribution in [-0.4, -0.2) is 23.5 Å². The van der Waals surface area contributed by atoms with Crippen LogP contribution in [0.1, 0.15) is 25.5 Å². The van der Waals surface area contributed by atoms with Crippen molar-refractivity contribution in [3.05, 3.63) is 74.9 Å². The van der Waals surface area contributed by atoms with Gasteiger partial charge in [0.15, 0.2) is 0 Å².